The van der Waals surface area contributed by atoms with Crippen molar-refractivity contribution in [1.29, 1.82) is 5.26 Å². The number of nitrogens with zero attached hydrogens (tertiary/aromatic N) is 4. The van der Waals surface area contributed by atoms with Crippen LogP contribution < -0.4 is 10.2 Å². The van der Waals surface area contributed by atoms with Gasteiger partial charge in [0.15, 0.2) is 5.71 Å². The van der Waals surface area contributed by atoms with E-state index >= 15 is 0 Å². The lowest BCUT2D eigenvalue weighted by molar-refractivity contribution is -0.384. The van der Waals surface area contributed by atoms with E-state index in [1.54, 1.807) is 6.07 Å². The fourth-order valence-electron chi connectivity index (χ4n) is 2.30. The van der Waals surface area contributed by atoms with E-state index in [1.807, 2.05) is 6.92 Å². The van der Waals surface area contributed by atoms with E-state index in [0.717, 1.165) is 11.3 Å². The molecule has 27 heavy (non-hydrogen) atoms. The molecule has 1 N–H and O–H groups in total. The smallest absolute Gasteiger partial charge is 0.297 e. The maximum Gasteiger partial charge on any atom is 0.297 e. The largest absolute Gasteiger partial charge is 0.493 e. The van der Waals surface area contributed by atoms with Crippen molar-refractivity contribution >= 4 is 28.9 Å². The van der Waals surface area contributed by atoms with Gasteiger partial charge in [0.05, 0.1) is 17.6 Å². The highest BCUT2D eigenvalue weighted by atomic mass is 16.6. The van der Waals surface area contributed by atoms with Crippen LogP contribution in [0.1, 0.15) is 20.3 Å². The zero-order valence-electron chi connectivity index (χ0n) is 15.0. The van der Waals surface area contributed by atoms with E-state index < -0.39 is 16.7 Å². The SMILES string of the molecule is CCCOc1ccc(N/N=C2\C(=O)N(C)C(=O)C(C#N)=C2C)c([N+](=O)[O-])c1. The number of nitriles is 1. The van der Waals surface area contributed by atoms with Crippen molar-refractivity contribution in [3.8, 4) is 11.8 Å². The number of imide groups is 1. The second-order valence-electron chi connectivity index (χ2n) is 5.64. The Hall–Kier alpha value is -3.74. The van der Waals surface area contributed by atoms with Gasteiger partial charge in [-0.1, -0.05) is 6.92 Å². The van der Waals surface area contributed by atoms with Gasteiger partial charge in [-0.3, -0.25) is 30.0 Å². The van der Waals surface area contributed by atoms with Crippen molar-refractivity contribution in [2.75, 3.05) is 19.1 Å². The number of ether oxygens (including phenoxy) is 1. The number of hydrogen-bond acceptors (Lipinski definition) is 8. The molecule has 0 radical (unpaired) electrons. The molecule has 2 rings (SSSR count). The highest BCUT2D eigenvalue weighted by Gasteiger charge is 2.34. The van der Waals surface area contributed by atoms with Crippen LogP contribution in [-0.4, -0.2) is 41.0 Å². The highest BCUT2D eigenvalue weighted by molar-refractivity contribution is 6.50. The summed E-state index contributed by atoms with van der Waals surface area (Å²) in [5.41, 5.74) is 1.94. The Morgan fingerprint density at radius 3 is 2.67 bits per heavy atom. The molecule has 0 spiro atoms. The molecule has 1 aliphatic rings. The van der Waals surface area contributed by atoms with E-state index in [4.69, 9.17) is 10.00 Å². The number of carbonyl (C=O) groups is 2. The van der Waals surface area contributed by atoms with Gasteiger partial charge in [-0.25, -0.2) is 0 Å². The summed E-state index contributed by atoms with van der Waals surface area (Å²) < 4.78 is 5.37. The number of nitro groups is 1. The third-order valence-corrected chi connectivity index (χ3v) is 3.79. The molecule has 0 fully saturated rings. The summed E-state index contributed by atoms with van der Waals surface area (Å²) in [6, 6.07) is 5.93. The molecule has 0 aliphatic carbocycles. The van der Waals surface area contributed by atoms with Gasteiger partial charge in [0.2, 0.25) is 0 Å². The van der Waals surface area contributed by atoms with Gasteiger partial charge < -0.3 is 4.74 Å². The topological polar surface area (TPSA) is 138 Å². The summed E-state index contributed by atoms with van der Waals surface area (Å²) in [6.45, 7) is 3.74. The number of nitro benzene ring substituents is 1. The molecule has 140 valence electrons. The van der Waals surface area contributed by atoms with Crippen molar-refractivity contribution in [3.05, 3.63) is 39.5 Å². The van der Waals surface area contributed by atoms with E-state index in [-0.39, 0.29) is 28.2 Å². The van der Waals surface area contributed by atoms with E-state index in [0.29, 0.717) is 12.4 Å². The second kappa shape index (κ2) is 8.09. The standard InChI is InChI=1S/C17H17N5O5/c1-4-7-27-11-5-6-13(14(8-11)22(25)26)19-20-15-10(2)12(9-18)16(23)21(3)17(15)24/h5-6,8,19H,4,7H2,1-3H3/b20-15-. The third kappa shape index (κ3) is 3.92. The number of likely N-dealkylation sites (N-methyl/N-ethyl adjacent to an activating group) is 1. The zero-order chi connectivity index (χ0) is 20.1. The summed E-state index contributed by atoms with van der Waals surface area (Å²) >= 11 is 0. The summed E-state index contributed by atoms with van der Waals surface area (Å²) in [6.07, 6.45) is 0.753. The lowest BCUT2D eigenvalue weighted by Crippen LogP contribution is -2.44. The fourth-order valence-corrected chi connectivity index (χ4v) is 2.30. The maximum atomic E-state index is 12.3. The van der Waals surface area contributed by atoms with Gasteiger partial charge in [-0.05, 0) is 25.5 Å². The summed E-state index contributed by atoms with van der Waals surface area (Å²) in [7, 11) is 1.23. The van der Waals surface area contributed by atoms with Crippen LogP contribution in [0, 0.1) is 21.4 Å². The Labute approximate surface area is 154 Å². The van der Waals surface area contributed by atoms with Crippen LogP contribution in [0.4, 0.5) is 11.4 Å². The molecule has 1 aromatic rings. The van der Waals surface area contributed by atoms with Crippen molar-refractivity contribution in [2.45, 2.75) is 20.3 Å². The molecule has 0 aromatic heterocycles. The number of benzene rings is 1. The van der Waals surface area contributed by atoms with E-state index in [2.05, 4.69) is 10.5 Å². The van der Waals surface area contributed by atoms with Gasteiger partial charge in [-0.2, -0.15) is 10.4 Å². The monoisotopic (exact) mass is 371 g/mol. The molecule has 0 unspecified atom stereocenters. The minimum atomic E-state index is -0.720. The molecule has 10 nitrogen and oxygen atoms in total. The quantitative estimate of drug-likeness (QED) is 0.458. The first-order chi connectivity index (χ1) is 12.8. The molecule has 0 bridgehead atoms. The van der Waals surface area contributed by atoms with Crippen LogP contribution >= 0.6 is 0 Å². The molecule has 0 saturated carbocycles. The summed E-state index contributed by atoms with van der Waals surface area (Å²) in [5, 5.41) is 24.3. The van der Waals surface area contributed by atoms with Gasteiger partial charge in [-0.15, -0.1) is 0 Å². The first kappa shape index (κ1) is 19.6. The lowest BCUT2D eigenvalue weighted by Gasteiger charge is -2.22. The van der Waals surface area contributed by atoms with E-state index in [1.165, 1.54) is 32.2 Å². The van der Waals surface area contributed by atoms with Crippen LogP contribution in [0.25, 0.3) is 0 Å². The Morgan fingerprint density at radius 1 is 1.37 bits per heavy atom. The second-order valence-corrected chi connectivity index (χ2v) is 5.64. The molecule has 10 heteroatoms. The van der Waals surface area contributed by atoms with Crippen molar-refractivity contribution in [3.63, 3.8) is 0 Å². The minimum absolute atomic E-state index is 0.0370. The number of anilines is 1. The Morgan fingerprint density at radius 2 is 2.07 bits per heavy atom. The third-order valence-electron chi connectivity index (χ3n) is 3.79. The first-order valence-corrected chi connectivity index (χ1v) is 8.00. The number of rotatable bonds is 6. The van der Waals surface area contributed by atoms with Crippen molar-refractivity contribution in [1.82, 2.24) is 4.90 Å². The van der Waals surface area contributed by atoms with Gasteiger partial charge in [0, 0.05) is 12.6 Å². The Kier molecular flexibility index (Phi) is 5.87. The van der Waals surface area contributed by atoms with Crippen molar-refractivity contribution < 1.29 is 19.2 Å². The zero-order valence-corrected chi connectivity index (χ0v) is 15.0. The molecular formula is C17H17N5O5. The van der Waals surface area contributed by atoms with Crippen LogP contribution in [0.3, 0.4) is 0 Å². The van der Waals surface area contributed by atoms with Gasteiger partial charge >= 0.3 is 0 Å². The Bertz CT molecular complexity index is 913. The molecule has 0 atom stereocenters. The maximum absolute atomic E-state index is 12.3. The number of hydrogen-bond donors (Lipinski definition) is 1. The van der Waals surface area contributed by atoms with Gasteiger partial charge in [0.1, 0.15) is 23.1 Å². The minimum Gasteiger partial charge on any atom is -0.493 e. The normalized spacial score (nSPS) is 15.8. The summed E-state index contributed by atoms with van der Waals surface area (Å²) in [5.74, 6) is -1.10. The lowest BCUT2D eigenvalue weighted by atomic mass is 10.00. The first-order valence-electron chi connectivity index (χ1n) is 8.00. The molecule has 2 amide bonds. The predicted molar refractivity (Wildman–Crippen MR) is 96.0 cm³/mol. The number of amides is 2. The fraction of sp³-hybridized carbons (Fsp3) is 0.294. The average molecular weight is 371 g/mol. The molecule has 1 aliphatic heterocycles. The number of hydrazone groups is 1. The molecule has 1 aromatic carbocycles. The Balaban J connectivity index is 2.40. The number of nitrogens with one attached hydrogen (secondary N) is 1. The number of carbonyl (C=O) groups excluding carboxylic acids is 2. The van der Waals surface area contributed by atoms with Crippen LogP contribution in [0.15, 0.2) is 34.4 Å². The predicted octanol–water partition coefficient (Wildman–Crippen LogP) is 1.99. The van der Waals surface area contributed by atoms with Crippen LogP contribution in [0.5, 0.6) is 5.75 Å². The molecular weight excluding hydrogens is 354 g/mol. The van der Waals surface area contributed by atoms with Crippen molar-refractivity contribution in [2.24, 2.45) is 5.10 Å². The highest BCUT2D eigenvalue weighted by Crippen LogP contribution is 2.29. The van der Waals surface area contributed by atoms with Gasteiger partial charge in [0.25, 0.3) is 17.5 Å². The van der Waals surface area contributed by atoms with Crippen LogP contribution in [0.2, 0.25) is 0 Å². The van der Waals surface area contributed by atoms with Crippen LogP contribution in [-0.2, 0) is 9.59 Å². The summed E-state index contributed by atoms with van der Waals surface area (Å²) in [4.78, 5) is 35.6. The molecule has 1 heterocycles. The molecule has 0 saturated heterocycles. The average Bonchev–Trinajstić information content (AvgIpc) is 2.65. The van der Waals surface area contributed by atoms with E-state index in [9.17, 15) is 19.7 Å².